The molecule has 0 saturated heterocycles. The zero-order valence-electron chi connectivity index (χ0n) is 30.0. The van der Waals surface area contributed by atoms with Crippen molar-refractivity contribution in [2.75, 3.05) is 0 Å². The molecule has 0 saturated carbocycles. The van der Waals surface area contributed by atoms with Crippen molar-refractivity contribution < 1.29 is 4.42 Å². The monoisotopic (exact) mass is 705 g/mol. The van der Waals surface area contributed by atoms with E-state index in [0.717, 1.165) is 68.3 Å². The van der Waals surface area contributed by atoms with E-state index >= 15 is 0 Å². The highest BCUT2D eigenvalue weighted by molar-refractivity contribution is 6.15. The first-order valence-electron chi connectivity index (χ1n) is 19.0. The number of furan rings is 1. The van der Waals surface area contributed by atoms with Gasteiger partial charge in [-0.05, 0) is 104 Å². The van der Waals surface area contributed by atoms with Gasteiger partial charge in [0.2, 0.25) is 0 Å². The number of allylic oxidation sites excluding steroid dienone is 1. The van der Waals surface area contributed by atoms with Gasteiger partial charge in [-0.15, -0.1) is 0 Å². The van der Waals surface area contributed by atoms with Crippen LogP contribution >= 0.6 is 0 Å². The Balaban J connectivity index is 0.969. The molecule has 0 amide bonds. The van der Waals surface area contributed by atoms with Crippen molar-refractivity contribution in [2.24, 2.45) is 9.98 Å². The highest BCUT2D eigenvalue weighted by Gasteiger charge is 2.22. The summed E-state index contributed by atoms with van der Waals surface area (Å²) in [6.45, 7) is 0. The van der Waals surface area contributed by atoms with E-state index in [2.05, 4.69) is 169 Å². The van der Waals surface area contributed by atoms with Crippen molar-refractivity contribution >= 4 is 61.2 Å². The summed E-state index contributed by atoms with van der Waals surface area (Å²) < 4.78 is 6.20. The second kappa shape index (κ2) is 12.8. The van der Waals surface area contributed by atoms with Crippen molar-refractivity contribution in [3.8, 4) is 22.3 Å². The summed E-state index contributed by atoms with van der Waals surface area (Å²) in [5, 5.41) is 10.7. The van der Waals surface area contributed by atoms with Gasteiger partial charge in [-0.1, -0.05) is 146 Å². The van der Waals surface area contributed by atoms with Gasteiger partial charge in [0, 0.05) is 21.9 Å². The van der Waals surface area contributed by atoms with E-state index in [9.17, 15) is 0 Å². The molecule has 1 N–H and O–H groups in total. The lowest BCUT2D eigenvalue weighted by atomic mass is 9.89. The molecule has 11 rings (SSSR count). The molecule has 4 nitrogen and oxygen atoms in total. The Morgan fingerprint density at radius 3 is 2.18 bits per heavy atom. The topological polar surface area (TPSA) is 49.9 Å². The molecule has 55 heavy (non-hydrogen) atoms. The van der Waals surface area contributed by atoms with Crippen LogP contribution in [0.2, 0.25) is 0 Å². The first-order chi connectivity index (χ1) is 27.2. The summed E-state index contributed by atoms with van der Waals surface area (Å²) >= 11 is 0. The number of aliphatic imine (C=N–C) groups is 2. The molecule has 260 valence electrons. The van der Waals surface area contributed by atoms with Crippen molar-refractivity contribution in [1.82, 2.24) is 5.32 Å². The maximum absolute atomic E-state index is 6.20. The minimum Gasteiger partial charge on any atom is -0.456 e. The van der Waals surface area contributed by atoms with Crippen LogP contribution in [0.15, 0.2) is 184 Å². The van der Waals surface area contributed by atoms with E-state index < -0.39 is 0 Å². The van der Waals surface area contributed by atoms with Crippen LogP contribution in [0.3, 0.4) is 0 Å². The third-order valence-corrected chi connectivity index (χ3v) is 11.2. The number of benzene rings is 8. The van der Waals surface area contributed by atoms with Crippen molar-refractivity contribution in [3.63, 3.8) is 0 Å². The quantitative estimate of drug-likeness (QED) is 0.194. The van der Waals surface area contributed by atoms with Crippen LogP contribution < -0.4 is 5.32 Å². The van der Waals surface area contributed by atoms with Crippen LogP contribution in [0, 0.1) is 0 Å². The van der Waals surface area contributed by atoms with E-state index in [1.54, 1.807) is 0 Å². The molecule has 4 heteroatoms. The summed E-state index contributed by atoms with van der Waals surface area (Å²) in [7, 11) is 0. The highest BCUT2D eigenvalue weighted by Crippen LogP contribution is 2.38. The number of para-hydroxylation sites is 1. The van der Waals surface area contributed by atoms with Gasteiger partial charge in [0.15, 0.2) is 5.84 Å². The Morgan fingerprint density at radius 2 is 1.24 bits per heavy atom. The minimum atomic E-state index is -0.323. The molecule has 8 aromatic carbocycles. The third kappa shape index (κ3) is 5.53. The Hall–Kier alpha value is -7.04. The fourth-order valence-corrected chi connectivity index (χ4v) is 8.40. The summed E-state index contributed by atoms with van der Waals surface area (Å²) in [4.78, 5) is 10.4. The molecule has 1 atom stereocenters. The number of amidine groups is 2. The van der Waals surface area contributed by atoms with Crippen LogP contribution in [0.5, 0.6) is 0 Å². The lowest BCUT2D eigenvalue weighted by Crippen LogP contribution is -2.33. The van der Waals surface area contributed by atoms with Gasteiger partial charge in [0.05, 0.1) is 0 Å². The number of rotatable bonds is 5. The molecule has 9 aromatic rings. The second-order valence-electron chi connectivity index (χ2n) is 14.5. The van der Waals surface area contributed by atoms with E-state index in [1.165, 1.54) is 44.0 Å². The minimum absolute atomic E-state index is 0.323. The Labute approximate surface area is 318 Å². The molecule has 0 bridgehead atoms. The summed E-state index contributed by atoms with van der Waals surface area (Å²) in [5.74, 6) is 1.52. The van der Waals surface area contributed by atoms with Gasteiger partial charge in [0.1, 0.15) is 23.2 Å². The van der Waals surface area contributed by atoms with Crippen LogP contribution in [0.4, 0.5) is 0 Å². The van der Waals surface area contributed by atoms with Crippen LogP contribution in [0.25, 0.3) is 71.8 Å². The maximum Gasteiger partial charge on any atom is 0.159 e. The number of nitrogens with one attached hydrogen (secondary N) is 1. The van der Waals surface area contributed by atoms with Gasteiger partial charge in [-0.3, -0.25) is 0 Å². The zero-order chi connectivity index (χ0) is 36.3. The van der Waals surface area contributed by atoms with Crippen LogP contribution in [-0.4, -0.2) is 11.7 Å². The van der Waals surface area contributed by atoms with E-state index in [4.69, 9.17) is 14.4 Å². The van der Waals surface area contributed by atoms with Crippen molar-refractivity contribution in [1.29, 1.82) is 0 Å². The second-order valence-corrected chi connectivity index (χ2v) is 14.5. The number of fused-ring (bicyclic) bond motifs is 6. The third-order valence-electron chi connectivity index (χ3n) is 11.2. The van der Waals surface area contributed by atoms with Crippen molar-refractivity contribution in [2.45, 2.75) is 19.0 Å². The van der Waals surface area contributed by atoms with Gasteiger partial charge < -0.3 is 9.73 Å². The summed E-state index contributed by atoms with van der Waals surface area (Å²) in [6.07, 6.45) is 6.34. The van der Waals surface area contributed by atoms with E-state index in [0.29, 0.717) is 5.84 Å². The van der Waals surface area contributed by atoms with Gasteiger partial charge >= 0.3 is 0 Å². The molecule has 0 spiro atoms. The lowest BCUT2D eigenvalue weighted by Gasteiger charge is -2.24. The number of hydrogen-bond donors (Lipinski definition) is 1. The normalized spacial score (nSPS) is 15.2. The predicted molar refractivity (Wildman–Crippen MR) is 229 cm³/mol. The molecular weight excluding hydrogens is 671 g/mol. The molecule has 1 aromatic heterocycles. The highest BCUT2D eigenvalue weighted by atomic mass is 16.3. The first-order valence-corrected chi connectivity index (χ1v) is 19.0. The summed E-state index contributed by atoms with van der Waals surface area (Å²) in [5.41, 5.74) is 12.5. The van der Waals surface area contributed by atoms with Gasteiger partial charge in [0.25, 0.3) is 0 Å². The lowest BCUT2D eigenvalue weighted by molar-refractivity contribution is 0.669. The standard InChI is InChI=1S/C51H35N3O/c1-2-11-36-30-40(27-19-32(36)9-1)50-52-49(35-22-20-34(21-23-35)43-15-7-12-33-10-3-4-13-42(33)43)53-51(54-50)41-28-25-37-29-39(26-24-38(37)31-41)44-16-8-18-47-48(44)45-14-5-6-17-46(45)55-47/h1-3,5-12,14-31,51H,4,13H2,(H,52,53,54). The molecule has 1 aliphatic carbocycles. The molecule has 1 unspecified atom stereocenters. The number of nitrogens with zero attached hydrogens (tertiary/aromatic N) is 2. The Bertz CT molecular complexity index is 3070. The van der Waals surface area contributed by atoms with Crippen LogP contribution in [0.1, 0.15) is 40.4 Å². The molecule has 0 radical (unpaired) electrons. The predicted octanol–water partition coefficient (Wildman–Crippen LogP) is 12.7. The van der Waals surface area contributed by atoms with Gasteiger partial charge in [-0.25, -0.2) is 9.98 Å². The molecular formula is C51H35N3O. The average Bonchev–Trinajstić information content (AvgIpc) is 3.65. The fourth-order valence-electron chi connectivity index (χ4n) is 8.40. The SMILES string of the molecule is C1=Cc2cccc(-c3ccc(C4=NC(c5ccc6ccccc6c5)=NC(c5ccc6cc(-c7cccc8oc9ccccc9c78)ccc6c5)N4)cc3)c2CC1. The zero-order valence-corrected chi connectivity index (χ0v) is 30.0. The molecule has 0 fully saturated rings. The van der Waals surface area contributed by atoms with E-state index in [1.807, 2.05) is 12.1 Å². The smallest absolute Gasteiger partial charge is 0.159 e. The fraction of sp³-hybridized carbons (Fsp3) is 0.0588. The number of hydrogen-bond acceptors (Lipinski definition) is 4. The Morgan fingerprint density at radius 1 is 0.545 bits per heavy atom. The van der Waals surface area contributed by atoms with Crippen molar-refractivity contribution in [3.05, 3.63) is 198 Å². The average molecular weight is 706 g/mol. The summed E-state index contributed by atoms with van der Waals surface area (Å²) in [6, 6.07) is 58.3. The van der Waals surface area contributed by atoms with Gasteiger partial charge in [-0.2, -0.15) is 0 Å². The van der Waals surface area contributed by atoms with E-state index in [-0.39, 0.29) is 6.17 Å². The largest absolute Gasteiger partial charge is 0.456 e. The molecule has 2 aliphatic rings. The Kier molecular flexibility index (Phi) is 7.34. The first kappa shape index (κ1) is 31.5. The molecule has 1 aliphatic heterocycles. The molecule has 2 heterocycles. The van der Waals surface area contributed by atoms with Crippen LogP contribution in [-0.2, 0) is 6.42 Å². The maximum atomic E-state index is 6.20.